The van der Waals surface area contributed by atoms with Gasteiger partial charge < -0.3 is 20.4 Å². The molecule has 150 valence electrons. The number of aliphatic hydroxyl groups is 4. The van der Waals surface area contributed by atoms with Crippen molar-refractivity contribution in [3.63, 3.8) is 0 Å². The number of hydrogen-bond donors (Lipinski definition) is 4. The fourth-order valence-corrected chi connectivity index (χ4v) is 5.01. The normalized spacial score (nSPS) is 27.6. The average Bonchev–Trinajstić information content (AvgIpc) is 2.69. The summed E-state index contributed by atoms with van der Waals surface area (Å²) < 4.78 is 0. The average molecular weight is 421 g/mol. The zero-order valence-electron chi connectivity index (χ0n) is 15.6. The van der Waals surface area contributed by atoms with Crippen molar-refractivity contribution < 1.29 is 20.4 Å². The van der Waals surface area contributed by atoms with Crippen molar-refractivity contribution in [1.82, 2.24) is 0 Å². The van der Waals surface area contributed by atoms with E-state index in [9.17, 15) is 20.4 Å². The molecule has 0 saturated carbocycles. The van der Waals surface area contributed by atoms with Crippen molar-refractivity contribution >= 4 is 28.9 Å². The van der Waals surface area contributed by atoms with Crippen molar-refractivity contribution in [2.75, 3.05) is 6.61 Å². The minimum atomic E-state index is -1.31. The third kappa shape index (κ3) is 4.46. The monoisotopic (exact) mass is 420 g/mol. The lowest BCUT2D eigenvalue weighted by Gasteiger charge is -2.39. The van der Waals surface area contributed by atoms with Crippen LogP contribution in [0.15, 0.2) is 49.0 Å². The van der Waals surface area contributed by atoms with Crippen molar-refractivity contribution in [2.45, 2.75) is 42.2 Å². The fourth-order valence-electron chi connectivity index (χ4n) is 3.41. The summed E-state index contributed by atoms with van der Waals surface area (Å²) in [6, 6.07) is 13.7. The largest absolute Gasteiger partial charge is 0.395 e. The van der Waals surface area contributed by atoms with Gasteiger partial charge in [0, 0.05) is 5.02 Å². The van der Waals surface area contributed by atoms with Crippen LogP contribution >= 0.6 is 23.4 Å². The number of rotatable bonds is 5. The SMILES string of the molecule is C=C(C)c1ccc(Cc2cc([C@@H]3S[C@H](CO)[C@@H](O)[C@H](O)[C@H]3O)ccc2Cl)cc1. The number of halogens is 1. The van der Waals surface area contributed by atoms with Crippen LogP contribution in [0.5, 0.6) is 0 Å². The van der Waals surface area contributed by atoms with Crippen LogP contribution in [0.4, 0.5) is 0 Å². The highest BCUT2D eigenvalue weighted by Gasteiger charge is 2.43. The van der Waals surface area contributed by atoms with Crippen molar-refractivity contribution in [2.24, 2.45) is 0 Å². The Labute approximate surface area is 174 Å². The summed E-state index contributed by atoms with van der Waals surface area (Å²) in [4.78, 5) is 0. The molecule has 0 aliphatic carbocycles. The molecule has 4 N–H and O–H groups in total. The Morgan fingerprint density at radius 3 is 2.32 bits per heavy atom. The zero-order valence-corrected chi connectivity index (χ0v) is 17.2. The Morgan fingerprint density at radius 1 is 1.04 bits per heavy atom. The Bertz CT molecular complexity index is 837. The second-order valence-electron chi connectivity index (χ2n) is 7.25. The maximum absolute atomic E-state index is 10.5. The van der Waals surface area contributed by atoms with Crippen LogP contribution in [-0.4, -0.2) is 50.6 Å². The first-order valence-electron chi connectivity index (χ1n) is 9.15. The third-order valence-corrected chi connectivity index (χ3v) is 7.12. The van der Waals surface area contributed by atoms with E-state index in [1.807, 2.05) is 43.3 Å². The zero-order chi connectivity index (χ0) is 20.4. The van der Waals surface area contributed by atoms with Gasteiger partial charge in [0.2, 0.25) is 0 Å². The highest BCUT2D eigenvalue weighted by Crippen LogP contribution is 2.43. The molecule has 28 heavy (non-hydrogen) atoms. The van der Waals surface area contributed by atoms with Crippen LogP contribution in [0, 0.1) is 0 Å². The number of aliphatic hydroxyl groups excluding tert-OH is 4. The van der Waals surface area contributed by atoms with Gasteiger partial charge in [0.15, 0.2) is 0 Å². The lowest BCUT2D eigenvalue weighted by molar-refractivity contribution is -0.0700. The first-order chi connectivity index (χ1) is 13.3. The molecule has 0 spiro atoms. The van der Waals surface area contributed by atoms with E-state index >= 15 is 0 Å². The molecule has 1 aliphatic rings. The third-order valence-electron chi connectivity index (χ3n) is 5.13. The topological polar surface area (TPSA) is 80.9 Å². The summed E-state index contributed by atoms with van der Waals surface area (Å²) >= 11 is 7.67. The van der Waals surface area contributed by atoms with E-state index in [4.69, 9.17) is 11.6 Å². The molecule has 3 rings (SSSR count). The van der Waals surface area contributed by atoms with Gasteiger partial charge in [-0.15, -0.1) is 11.8 Å². The predicted octanol–water partition coefficient (Wildman–Crippen LogP) is 3.20. The maximum Gasteiger partial charge on any atom is 0.108 e. The van der Waals surface area contributed by atoms with Gasteiger partial charge in [-0.2, -0.15) is 0 Å². The lowest BCUT2D eigenvalue weighted by Crippen LogP contribution is -2.51. The van der Waals surface area contributed by atoms with Gasteiger partial charge in [-0.05, 0) is 41.7 Å². The Morgan fingerprint density at radius 2 is 1.71 bits per heavy atom. The molecule has 4 nitrogen and oxygen atoms in total. The van der Waals surface area contributed by atoms with Gasteiger partial charge in [-0.25, -0.2) is 0 Å². The second kappa shape index (κ2) is 8.99. The molecule has 2 aromatic carbocycles. The standard InChI is InChI=1S/C22H25ClO4S/c1-12(2)14-5-3-13(4-6-14)9-16-10-15(7-8-17(16)23)22-21(27)20(26)19(25)18(11-24)28-22/h3-8,10,18-22,24-27H,1,9,11H2,2H3/t18-,19-,20+,21-,22+/m1/s1. The van der Waals surface area contributed by atoms with Crippen LogP contribution in [0.25, 0.3) is 5.57 Å². The molecule has 2 aromatic rings. The molecular formula is C22H25ClO4S. The molecule has 0 radical (unpaired) electrons. The summed E-state index contributed by atoms with van der Waals surface area (Å²) in [5.41, 5.74) is 4.92. The molecule has 6 heteroatoms. The lowest BCUT2D eigenvalue weighted by atomic mass is 9.94. The molecule has 0 bridgehead atoms. The first kappa shape index (κ1) is 21.4. The highest BCUT2D eigenvalue weighted by molar-refractivity contribution is 8.00. The molecule has 1 saturated heterocycles. The van der Waals surface area contributed by atoms with Crippen LogP contribution in [0.1, 0.15) is 34.4 Å². The number of hydrogen-bond acceptors (Lipinski definition) is 5. The smallest absolute Gasteiger partial charge is 0.108 e. The van der Waals surface area contributed by atoms with Gasteiger partial charge in [0.25, 0.3) is 0 Å². The van der Waals surface area contributed by atoms with Crippen LogP contribution in [0.3, 0.4) is 0 Å². The molecule has 0 unspecified atom stereocenters. The molecule has 5 atom stereocenters. The van der Waals surface area contributed by atoms with E-state index in [2.05, 4.69) is 6.58 Å². The number of benzene rings is 2. The van der Waals surface area contributed by atoms with E-state index in [1.165, 1.54) is 11.8 Å². The van der Waals surface area contributed by atoms with Crippen LogP contribution < -0.4 is 0 Å². The van der Waals surface area contributed by atoms with Crippen molar-refractivity contribution in [3.05, 3.63) is 76.3 Å². The molecule has 1 heterocycles. The molecule has 1 aliphatic heterocycles. The van der Waals surface area contributed by atoms with Crippen molar-refractivity contribution in [1.29, 1.82) is 0 Å². The quantitative estimate of drug-likeness (QED) is 0.597. The summed E-state index contributed by atoms with van der Waals surface area (Å²) in [5, 5.41) is 39.7. The Kier molecular flexibility index (Phi) is 6.86. The summed E-state index contributed by atoms with van der Waals surface area (Å²) in [6.45, 7) is 5.63. The van der Waals surface area contributed by atoms with Crippen molar-refractivity contribution in [3.8, 4) is 0 Å². The van der Waals surface area contributed by atoms with Gasteiger partial charge in [-0.3, -0.25) is 0 Å². The van der Waals surface area contributed by atoms with E-state index in [-0.39, 0.29) is 6.61 Å². The van der Waals surface area contributed by atoms with Gasteiger partial charge in [0.05, 0.1) is 29.3 Å². The molecular weight excluding hydrogens is 396 g/mol. The molecule has 0 aromatic heterocycles. The Balaban J connectivity index is 1.85. The maximum atomic E-state index is 10.5. The summed E-state index contributed by atoms with van der Waals surface area (Å²) in [5.74, 6) is 0. The molecule has 0 amide bonds. The van der Waals surface area contributed by atoms with E-state index in [0.29, 0.717) is 11.4 Å². The van der Waals surface area contributed by atoms with Gasteiger partial charge in [-0.1, -0.05) is 60.2 Å². The van der Waals surface area contributed by atoms with E-state index < -0.39 is 28.8 Å². The van der Waals surface area contributed by atoms with Crippen LogP contribution in [0.2, 0.25) is 5.02 Å². The van der Waals surface area contributed by atoms with E-state index in [0.717, 1.165) is 27.8 Å². The molecule has 1 fully saturated rings. The Hall–Kier alpha value is -1.34. The number of thioether (sulfide) groups is 1. The minimum absolute atomic E-state index is 0.276. The van der Waals surface area contributed by atoms with Crippen LogP contribution in [-0.2, 0) is 6.42 Å². The summed E-state index contributed by atoms with van der Waals surface area (Å²) in [7, 11) is 0. The van der Waals surface area contributed by atoms with E-state index in [1.54, 1.807) is 6.07 Å². The fraction of sp³-hybridized carbons (Fsp3) is 0.364. The second-order valence-corrected chi connectivity index (χ2v) is 9.05. The van der Waals surface area contributed by atoms with Gasteiger partial charge in [0.1, 0.15) is 6.10 Å². The first-order valence-corrected chi connectivity index (χ1v) is 10.5. The number of allylic oxidation sites excluding steroid dienone is 1. The predicted molar refractivity (Wildman–Crippen MR) is 115 cm³/mol. The van der Waals surface area contributed by atoms with Gasteiger partial charge >= 0.3 is 0 Å². The minimum Gasteiger partial charge on any atom is -0.395 e. The highest BCUT2D eigenvalue weighted by atomic mass is 35.5. The summed E-state index contributed by atoms with van der Waals surface area (Å²) in [6.07, 6.45) is -2.98.